The van der Waals surface area contributed by atoms with Crippen LogP contribution in [0.1, 0.15) is 31.3 Å². The van der Waals surface area contributed by atoms with Crippen LogP contribution >= 0.6 is 11.6 Å². The van der Waals surface area contributed by atoms with Crippen molar-refractivity contribution in [2.45, 2.75) is 26.8 Å². The van der Waals surface area contributed by atoms with E-state index in [0.29, 0.717) is 5.92 Å². The minimum Gasteiger partial charge on any atom is -0.348 e. The largest absolute Gasteiger partial charge is 0.348 e. The summed E-state index contributed by atoms with van der Waals surface area (Å²) in [6.45, 7) is 6.02. The van der Waals surface area contributed by atoms with Gasteiger partial charge in [-0.25, -0.2) is 4.98 Å². The molecule has 1 amide bonds. The van der Waals surface area contributed by atoms with Crippen LogP contribution in [0.4, 0.5) is 0 Å². The molecule has 0 bridgehead atoms. The third-order valence-corrected chi connectivity index (χ3v) is 2.38. The molecular weight excluding hydrogens is 214 g/mol. The lowest BCUT2D eigenvalue weighted by Crippen LogP contribution is -2.36. The average Bonchev–Trinajstić information content (AvgIpc) is 2.17. The van der Waals surface area contributed by atoms with Crippen molar-refractivity contribution < 1.29 is 4.79 Å². The van der Waals surface area contributed by atoms with Crippen molar-refractivity contribution in [3.63, 3.8) is 0 Å². The predicted octanol–water partition coefficient (Wildman–Crippen LogP) is 1.90. The van der Waals surface area contributed by atoms with Crippen LogP contribution < -0.4 is 5.32 Å². The van der Waals surface area contributed by atoms with Crippen LogP contribution in [0.15, 0.2) is 12.4 Å². The van der Waals surface area contributed by atoms with Crippen molar-refractivity contribution in [2.24, 2.45) is 5.92 Å². The van der Waals surface area contributed by atoms with E-state index >= 15 is 0 Å². The van der Waals surface area contributed by atoms with E-state index in [2.05, 4.69) is 15.3 Å². The lowest BCUT2D eigenvalue weighted by atomic mass is 10.1. The van der Waals surface area contributed by atoms with Gasteiger partial charge in [0.2, 0.25) is 0 Å². The van der Waals surface area contributed by atoms with Crippen LogP contribution in [0.3, 0.4) is 0 Å². The maximum Gasteiger partial charge on any atom is 0.271 e. The Labute approximate surface area is 94.1 Å². The molecule has 4 nitrogen and oxygen atoms in total. The lowest BCUT2D eigenvalue weighted by Gasteiger charge is -2.16. The van der Waals surface area contributed by atoms with Crippen LogP contribution in [-0.2, 0) is 0 Å². The van der Waals surface area contributed by atoms with Crippen molar-refractivity contribution in [1.29, 1.82) is 0 Å². The summed E-state index contributed by atoms with van der Waals surface area (Å²) in [5.74, 6) is 0.132. The Morgan fingerprint density at radius 2 is 2.07 bits per heavy atom. The zero-order valence-electron chi connectivity index (χ0n) is 8.99. The molecule has 1 rings (SSSR count). The Kier molecular flexibility index (Phi) is 4.03. The van der Waals surface area contributed by atoms with Crippen molar-refractivity contribution in [3.05, 3.63) is 23.2 Å². The van der Waals surface area contributed by atoms with Gasteiger partial charge in [0, 0.05) is 6.04 Å². The molecule has 0 fully saturated rings. The second-order valence-electron chi connectivity index (χ2n) is 3.73. The summed E-state index contributed by atoms with van der Waals surface area (Å²) in [5, 5.41) is 3.04. The molecule has 0 radical (unpaired) electrons. The van der Waals surface area contributed by atoms with Crippen LogP contribution in [0.25, 0.3) is 0 Å². The quantitative estimate of drug-likeness (QED) is 0.858. The standard InChI is InChI=1S/C10H14ClN3O/c1-6(2)7(3)13-10(15)8-4-12-5-9(11)14-8/h4-7H,1-3H3,(H,13,15). The molecule has 0 aliphatic rings. The number of hydrogen-bond donors (Lipinski definition) is 1. The second kappa shape index (κ2) is 5.07. The summed E-state index contributed by atoms with van der Waals surface area (Å²) in [6.07, 6.45) is 2.79. The summed E-state index contributed by atoms with van der Waals surface area (Å²) < 4.78 is 0. The van der Waals surface area contributed by atoms with E-state index in [-0.39, 0.29) is 22.8 Å². The fourth-order valence-electron chi connectivity index (χ4n) is 0.899. The first-order valence-electron chi connectivity index (χ1n) is 4.79. The van der Waals surface area contributed by atoms with Crippen LogP contribution in [0.2, 0.25) is 5.15 Å². The monoisotopic (exact) mass is 227 g/mol. The Morgan fingerprint density at radius 3 is 2.60 bits per heavy atom. The predicted molar refractivity (Wildman–Crippen MR) is 58.8 cm³/mol. The van der Waals surface area contributed by atoms with E-state index in [0.717, 1.165) is 0 Å². The maximum absolute atomic E-state index is 11.6. The Morgan fingerprint density at radius 1 is 1.40 bits per heavy atom. The highest BCUT2D eigenvalue weighted by Crippen LogP contribution is 2.04. The smallest absolute Gasteiger partial charge is 0.271 e. The Bertz CT molecular complexity index is 354. The number of halogens is 1. The number of carbonyl (C=O) groups is 1. The molecule has 0 spiro atoms. The molecular formula is C10H14ClN3O. The molecule has 0 aliphatic heterocycles. The molecule has 1 aromatic heterocycles. The number of nitrogens with zero attached hydrogens (tertiary/aromatic N) is 2. The van der Waals surface area contributed by atoms with Gasteiger partial charge in [0.1, 0.15) is 10.8 Å². The molecule has 1 heterocycles. The summed E-state index contributed by atoms with van der Waals surface area (Å²) in [6, 6.07) is 0.0956. The van der Waals surface area contributed by atoms with Gasteiger partial charge in [0.25, 0.3) is 5.91 Å². The molecule has 5 heteroatoms. The summed E-state index contributed by atoms with van der Waals surface area (Å²) in [5.41, 5.74) is 0.245. The SMILES string of the molecule is CC(C)C(C)NC(=O)c1cncc(Cl)n1. The fraction of sp³-hybridized carbons (Fsp3) is 0.500. The first kappa shape index (κ1) is 11.9. The van der Waals surface area contributed by atoms with Gasteiger partial charge in [-0.2, -0.15) is 0 Å². The average molecular weight is 228 g/mol. The first-order chi connectivity index (χ1) is 7.00. The lowest BCUT2D eigenvalue weighted by molar-refractivity contribution is 0.0925. The fourth-order valence-corrected chi connectivity index (χ4v) is 1.05. The number of aromatic nitrogens is 2. The van der Waals surface area contributed by atoms with Gasteiger partial charge in [0.15, 0.2) is 0 Å². The molecule has 1 aromatic rings. The Hall–Kier alpha value is -1.16. The second-order valence-corrected chi connectivity index (χ2v) is 4.12. The van der Waals surface area contributed by atoms with E-state index in [1.807, 2.05) is 20.8 Å². The highest BCUT2D eigenvalue weighted by molar-refractivity contribution is 6.29. The third kappa shape index (κ3) is 3.47. The number of nitrogens with one attached hydrogen (secondary N) is 1. The Balaban J connectivity index is 2.69. The molecule has 1 unspecified atom stereocenters. The van der Waals surface area contributed by atoms with Crippen molar-refractivity contribution >= 4 is 17.5 Å². The minimum atomic E-state index is -0.244. The van der Waals surface area contributed by atoms with E-state index in [1.165, 1.54) is 12.4 Å². The van der Waals surface area contributed by atoms with Gasteiger partial charge in [-0.1, -0.05) is 25.4 Å². The zero-order valence-corrected chi connectivity index (χ0v) is 9.75. The van der Waals surface area contributed by atoms with E-state index < -0.39 is 0 Å². The summed E-state index contributed by atoms with van der Waals surface area (Å²) >= 11 is 5.63. The number of carbonyl (C=O) groups excluding carboxylic acids is 1. The van der Waals surface area contributed by atoms with Crippen molar-refractivity contribution in [3.8, 4) is 0 Å². The van der Waals surface area contributed by atoms with Gasteiger partial charge in [-0.15, -0.1) is 0 Å². The molecule has 1 atom stereocenters. The van der Waals surface area contributed by atoms with E-state index in [4.69, 9.17) is 11.6 Å². The highest BCUT2D eigenvalue weighted by Gasteiger charge is 2.13. The van der Waals surface area contributed by atoms with Crippen LogP contribution in [0.5, 0.6) is 0 Å². The van der Waals surface area contributed by atoms with Crippen LogP contribution in [0, 0.1) is 5.92 Å². The van der Waals surface area contributed by atoms with E-state index in [1.54, 1.807) is 0 Å². The normalized spacial score (nSPS) is 12.6. The minimum absolute atomic E-state index is 0.0956. The van der Waals surface area contributed by atoms with Crippen molar-refractivity contribution in [1.82, 2.24) is 15.3 Å². The molecule has 0 saturated carbocycles. The molecule has 15 heavy (non-hydrogen) atoms. The zero-order chi connectivity index (χ0) is 11.4. The van der Waals surface area contributed by atoms with Gasteiger partial charge in [-0.05, 0) is 12.8 Å². The molecule has 0 aromatic carbocycles. The van der Waals surface area contributed by atoms with E-state index in [9.17, 15) is 4.79 Å². The third-order valence-electron chi connectivity index (χ3n) is 2.20. The number of amides is 1. The summed E-state index contributed by atoms with van der Waals surface area (Å²) in [7, 11) is 0. The van der Waals surface area contributed by atoms with Gasteiger partial charge in [0.05, 0.1) is 12.4 Å². The van der Waals surface area contributed by atoms with Gasteiger partial charge in [-0.3, -0.25) is 9.78 Å². The summed E-state index contributed by atoms with van der Waals surface area (Å²) in [4.78, 5) is 19.3. The van der Waals surface area contributed by atoms with Crippen molar-refractivity contribution in [2.75, 3.05) is 0 Å². The molecule has 1 N–H and O–H groups in total. The molecule has 0 saturated heterocycles. The van der Waals surface area contributed by atoms with Crippen LogP contribution in [-0.4, -0.2) is 21.9 Å². The maximum atomic E-state index is 11.6. The first-order valence-corrected chi connectivity index (χ1v) is 5.17. The highest BCUT2D eigenvalue weighted by atomic mass is 35.5. The topological polar surface area (TPSA) is 54.9 Å². The number of hydrogen-bond acceptors (Lipinski definition) is 3. The number of rotatable bonds is 3. The molecule has 0 aliphatic carbocycles. The van der Waals surface area contributed by atoms with Gasteiger partial charge < -0.3 is 5.32 Å². The van der Waals surface area contributed by atoms with Gasteiger partial charge >= 0.3 is 0 Å². The molecule has 82 valence electrons.